The Hall–Kier alpha value is -2.74. The number of likely N-dealkylation sites (tertiary alicyclic amines) is 1. The molecular weight excluding hydrogens is 381 g/mol. The van der Waals surface area contributed by atoms with Gasteiger partial charge in [-0.2, -0.15) is 8.42 Å². The molecule has 0 aliphatic carbocycles. The number of aryl methyl sites for hydroxylation is 1. The van der Waals surface area contributed by atoms with E-state index in [2.05, 4.69) is 9.71 Å². The SMILES string of the molecule is Cc1ccc(F)c(NC(=O)C2CCCN(C3=NS(=O)(=O)c4ccccc43)C2)c1. The van der Waals surface area contributed by atoms with Crippen molar-refractivity contribution in [2.24, 2.45) is 10.3 Å². The number of anilines is 1. The Morgan fingerprint density at radius 1 is 1.25 bits per heavy atom. The summed E-state index contributed by atoms with van der Waals surface area (Å²) in [4.78, 5) is 14.7. The van der Waals surface area contributed by atoms with Crippen LogP contribution >= 0.6 is 0 Å². The van der Waals surface area contributed by atoms with E-state index in [0.29, 0.717) is 30.9 Å². The number of amidine groups is 1. The minimum absolute atomic E-state index is 0.160. The summed E-state index contributed by atoms with van der Waals surface area (Å²) in [5.74, 6) is -0.752. The molecule has 0 aromatic heterocycles. The van der Waals surface area contributed by atoms with Crippen LogP contribution in [0.3, 0.4) is 0 Å². The lowest BCUT2D eigenvalue weighted by Gasteiger charge is -2.33. The summed E-state index contributed by atoms with van der Waals surface area (Å²) in [6.45, 7) is 2.78. The summed E-state index contributed by atoms with van der Waals surface area (Å²) < 4.78 is 42.5. The Bertz CT molecular complexity index is 1080. The van der Waals surface area contributed by atoms with Gasteiger partial charge in [0.2, 0.25) is 5.91 Å². The summed E-state index contributed by atoms with van der Waals surface area (Å²) in [6.07, 6.45) is 1.37. The minimum Gasteiger partial charge on any atom is -0.355 e. The third-order valence-corrected chi connectivity index (χ3v) is 6.41. The van der Waals surface area contributed by atoms with Gasteiger partial charge in [-0.3, -0.25) is 4.79 Å². The predicted molar refractivity (Wildman–Crippen MR) is 104 cm³/mol. The van der Waals surface area contributed by atoms with Crippen molar-refractivity contribution in [3.05, 3.63) is 59.4 Å². The quantitative estimate of drug-likeness (QED) is 0.839. The molecule has 6 nitrogen and oxygen atoms in total. The van der Waals surface area contributed by atoms with Crippen molar-refractivity contribution >= 4 is 27.5 Å². The molecule has 1 amide bonds. The van der Waals surface area contributed by atoms with Crippen molar-refractivity contribution in [2.75, 3.05) is 18.4 Å². The van der Waals surface area contributed by atoms with E-state index in [0.717, 1.165) is 12.0 Å². The van der Waals surface area contributed by atoms with Crippen LogP contribution in [0.15, 0.2) is 51.8 Å². The highest BCUT2D eigenvalue weighted by Gasteiger charge is 2.35. The molecule has 2 aromatic carbocycles. The molecule has 1 fully saturated rings. The zero-order chi connectivity index (χ0) is 19.9. The molecule has 2 aliphatic heterocycles. The third kappa shape index (κ3) is 3.40. The van der Waals surface area contributed by atoms with Crippen LogP contribution in [0.5, 0.6) is 0 Å². The topological polar surface area (TPSA) is 78.8 Å². The molecule has 0 saturated carbocycles. The molecule has 1 atom stereocenters. The highest BCUT2D eigenvalue weighted by Crippen LogP contribution is 2.30. The number of hydrogen-bond donors (Lipinski definition) is 1. The molecule has 1 N–H and O–H groups in total. The van der Waals surface area contributed by atoms with Crippen molar-refractivity contribution < 1.29 is 17.6 Å². The molecule has 28 heavy (non-hydrogen) atoms. The number of hydrogen-bond acceptors (Lipinski definition) is 4. The van der Waals surface area contributed by atoms with Crippen LogP contribution in [-0.4, -0.2) is 38.2 Å². The van der Waals surface area contributed by atoms with E-state index >= 15 is 0 Å². The molecular formula is C20H20FN3O3S. The van der Waals surface area contributed by atoms with Crippen LogP contribution in [0.25, 0.3) is 0 Å². The standard InChI is InChI=1S/C20H20FN3O3S/c1-13-8-9-16(21)17(11-13)22-20(25)14-5-4-10-24(12-14)19-15-6-2-3-7-18(15)28(26,27)23-19/h2-3,6-9,11,14H,4-5,10,12H2,1H3,(H,22,25). The highest BCUT2D eigenvalue weighted by molar-refractivity contribution is 7.90. The number of halogens is 1. The van der Waals surface area contributed by atoms with Gasteiger partial charge >= 0.3 is 0 Å². The third-order valence-electron chi connectivity index (χ3n) is 5.08. The first-order valence-corrected chi connectivity index (χ1v) is 10.6. The second-order valence-electron chi connectivity index (χ2n) is 7.14. The lowest BCUT2D eigenvalue weighted by atomic mass is 9.96. The fraction of sp³-hybridized carbons (Fsp3) is 0.300. The lowest BCUT2D eigenvalue weighted by molar-refractivity contribution is -0.121. The van der Waals surface area contributed by atoms with Crippen LogP contribution in [0, 0.1) is 18.7 Å². The molecule has 146 valence electrons. The zero-order valence-electron chi connectivity index (χ0n) is 15.4. The maximum atomic E-state index is 14.0. The molecule has 1 saturated heterocycles. The largest absolute Gasteiger partial charge is 0.355 e. The normalized spacial score (nSPS) is 20.4. The second kappa shape index (κ2) is 7.01. The van der Waals surface area contributed by atoms with E-state index in [1.807, 2.05) is 11.8 Å². The maximum absolute atomic E-state index is 14.0. The van der Waals surface area contributed by atoms with Crippen LogP contribution in [-0.2, 0) is 14.8 Å². The second-order valence-corrected chi connectivity index (χ2v) is 8.72. The highest BCUT2D eigenvalue weighted by atomic mass is 32.2. The van der Waals surface area contributed by atoms with Crippen LogP contribution < -0.4 is 5.32 Å². The van der Waals surface area contributed by atoms with E-state index in [-0.39, 0.29) is 22.4 Å². The van der Waals surface area contributed by atoms with Crippen molar-refractivity contribution in [1.82, 2.24) is 4.90 Å². The summed E-state index contributed by atoms with van der Waals surface area (Å²) in [6, 6.07) is 11.3. The average Bonchev–Trinajstić information content (AvgIpc) is 2.96. The molecule has 0 radical (unpaired) electrons. The number of sulfonamides is 1. The van der Waals surface area contributed by atoms with Gasteiger partial charge in [0.05, 0.1) is 11.6 Å². The smallest absolute Gasteiger partial charge is 0.285 e. The molecule has 0 spiro atoms. The van der Waals surface area contributed by atoms with Gasteiger partial charge in [-0.25, -0.2) is 4.39 Å². The van der Waals surface area contributed by atoms with Crippen LogP contribution in [0.2, 0.25) is 0 Å². The summed E-state index contributed by atoms with van der Waals surface area (Å²) in [5.41, 5.74) is 1.57. The number of rotatable bonds is 2. The molecule has 2 heterocycles. The average molecular weight is 401 g/mol. The summed E-state index contributed by atoms with van der Waals surface area (Å²) in [5, 5.41) is 2.67. The monoisotopic (exact) mass is 401 g/mol. The molecule has 8 heteroatoms. The van der Waals surface area contributed by atoms with Crippen molar-refractivity contribution in [3.63, 3.8) is 0 Å². The van der Waals surface area contributed by atoms with Gasteiger partial charge in [0.1, 0.15) is 10.7 Å². The van der Waals surface area contributed by atoms with Crippen molar-refractivity contribution in [3.8, 4) is 0 Å². The van der Waals surface area contributed by atoms with Crippen LogP contribution in [0.1, 0.15) is 24.0 Å². The van der Waals surface area contributed by atoms with Gasteiger partial charge in [-0.15, -0.1) is 4.40 Å². The molecule has 2 aliphatic rings. The van der Waals surface area contributed by atoms with E-state index in [9.17, 15) is 17.6 Å². The van der Waals surface area contributed by atoms with Gasteiger partial charge in [-0.1, -0.05) is 18.2 Å². The predicted octanol–water partition coefficient (Wildman–Crippen LogP) is 2.93. The molecule has 4 rings (SSSR count). The number of fused-ring (bicyclic) bond motifs is 1. The van der Waals surface area contributed by atoms with Gasteiger partial charge in [0.25, 0.3) is 10.0 Å². The Morgan fingerprint density at radius 2 is 2.04 bits per heavy atom. The Labute approximate surface area is 163 Å². The Kier molecular flexibility index (Phi) is 4.66. The van der Waals surface area contributed by atoms with Crippen molar-refractivity contribution in [1.29, 1.82) is 0 Å². The minimum atomic E-state index is -3.70. The first-order chi connectivity index (χ1) is 13.3. The summed E-state index contributed by atoms with van der Waals surface area (Å²) >= 11 is 0. The fourth-order valence-corrected chi connectivity index (χ4v) is 4.90. The number of piperidine rings is 1. The fourth-order valence-electron chi connectivity index (χ4n) is 3.67. The first kappa shape index (κ1) is 18.6. The maximum Gasteiger partial charge on any atom is 0.285 e. The van der Waals surface area contributed by atoms with Gasteiger partial charge in [0, 0.05) is 18.7 Å². The van der Waals surface area contributed by atoms with Gasteiger partial charge in [0.15, 0.2) is 5.84 Å². The number of benzene rings is 2. The molecule has 0 bridgehead atoms. The lowest BCUT2D eigenvalue weighted by Crippen LogP contribution is -2.43. The van der Waals surface area contributed by atoms with Gasteiger partial charge in [-0.05, 0) is 49.6 Å². The van der Waals surface area contributed by atoms with E-state index in [4.69, 9.17) is 0 Å². The van der Waals surface area contributed by atoms with E-state index < -0.39 is 15.8 Å². The van der Waals surface area contributed by atoms with Crippen LogP contribution in [0.4, 0.5) is 10.1 Å². The van der Waals surface area contributed by atoms with Gasteiger partial charge < -0.3 is 10.2 Å². The number of amides is 1. The number of nitrogens with zero attached hydrogens (tertiary/aromatic N) is 2. The molecule has 1 unspecified atom stereocenters. The Morgan fingerprint density at radius 3 is 2.86 bits per heavy atom. The number of carbonyl (C=O) groups is 1. The van der Waals surface area contributed by atoms with Crippen molar-refractivity contribution in [2.45, 2.75) is 24.7 Å². The first-order valence-electron chi connectivity index (χ1n) is 9.11. The number of nitrogens with one attached hydrogen (secondary N) is 1. The molecule has 2 aromatic rings. The van der Waals surface area contributed by atoms with E-state index in [1.54, 1.807) is 30.3 Å². The zero-order valence-corrected chi connectivity index (χ0v) is 16.2. The summed E-state index contributed by atoms with van der Waals surface area (Å²) in [7, 11) is -3.70. The Balaban J connectivity index is 1.54. The number of carbonyl (C=O) groups excluding carboxylic acids is 1. The van der Waals surface area contributed by atoms with E-state index in [1.165, 1.54) is 12.1 Å².